The van der Waals surface area contributed by atoms with Gasteiger partial charge < -0.3 is 9.31 Å². The molecule has 0 aliphatic carbocycles. The molecule has 18 heavy (non-hydrogen) atoms. The van der Waals surface area contributed by atoms with E-state index < -0.39 is 0 Å². The van der Waals surface area contributed by atoms with Gasteiger partial charge in [0.05, 0.1) is 11.2 Å². The van der Waals surface area contributed by atoms with Crippen LogP contribution in [0.1, 0.15) is 33.3 Å². The molecule has 0 bridgehead atoms. The molecule has 4 heteroatoms. The molecule has 1 aromatic heterocycles. The van der Waals surface area contributed by atoms with Crippen molar-refractivity contribution >= 4 is 12.6 Å². The van der Waals surface area contributed by atoms with Gasteiger partial charge in [-0.25, -0.2) is 0 Å². The van der Waals surface area contributed by atoms with Crippen LogP contribution in [0.15, 0.2) is 31.1 Å². The van der Waals surface area contributed by atoms with Crippen LogP contribution in [-0.2, 0) is 15.7 Å². The molecule has 1 aliphatic rings. The molecule has 0 unspecified atom stereocenters. The van der Waals surface area contributed by atoms with Crippen LogP contribution in [0.25, 0.3) is 0 Å². The van der Waals surface area contributed by atoms with E-state index in [0.29, 0.717) is 0 Å². The SMILES string of the molecule is C=CCc1cncc(B2OC(C)(C)C(C)(C)O2)c1. The molecule has 0 radical (unpaired) electrons. The summed E-state index contributed by atoms with van der Waals surface area (Å²) >= 11 is 0. The van der Waals surface area contributed by atoms with Gasteiger partial charge in [0.1, 0.15) is 0 Å². The molecular formula is C14H20BNO2. The van der Waals surface area contributed by atoms with Gasteiger partial charge >= 0.3 is 7.12 Å². The molecule has 3 nitrogen and oxygen atoms in total. The van der Waals surface area contributed by atoms with E-state index in [-0.39, 0.29) is 18.3 Å². The van der Waals surface area contributed by atoms with Crippen molar-refractivity contribution in [3.63, 3.8) is 0 Å². The van der Waals surface area contributed by atoms with E-state index in [2.05, 4.69) is 17.6 Å². The molecular weight excluding hydrogens is 225 g/mol. The van der Waals surface area contributed by atoms with E-state index in [1.165, 1.54) is 0 Å². The zero-order valence-corrected chi connectivity index (χ0v) is 11.6. The highest BCUT2D eigenvalue weighted by Crippen LogP contribution is 2.36. The van der Waals surface area contributed by atoms with Gasteiger partial charge in [-0.1, -0.05) is 12.1 Å². The first-order valence-corrected chi connectivity index (χ1v) is 6.26. The van der Waals surface area contributed by atoms with Crippen LogP contribution in [0.5, 0.6) is 0 Å². The van der Waals surface area contributed by atoms with Crippen LogP contribution in [-0.4, -0.2) is 23.3 Å². The van der Waals surface area contributed by atoms with Crippen molar-refractivity contribution in [1.82, 2.24) is 4.98 Å². The molecule has 0 saturated carbocycles. The lowest BCUT2D eigenvalue weighted by Crippen LogP contribution is -2.41. The summed E-state index contributed by atoms with van der Waals surface area (Å²) in [4.78, 5) is 4.24. The Hall–Kier alpha value is -1.13. The summed E-state index contributed by atoms with van der Waals surface area (Å²) < 4.78 is 12.0. The molecule has 96 valence electrons. The summed E-state index contributed by atoms with van der Waals surface area (Å²) in [6.45, 7) is 11.9. The summed E-state index contributed by atoms with van der Waals surface area (Å²) in [6, 6.07) is 2.07. The topological polar surface area (TPSA) is 31.4 Å². The van der Waals surface area contributed by atoms with Crippen molar-refractivity contribution in [3.05, 3.63) is 36.7 Å². The first-order valence-electron chi connectivity index (χ1n) is 6.26. The number of hydrogen-bond donors (Lipinski definition) is 0. The average Bonchev–Trinajstić information content (AvgIpc) is 2.49. The lowest BCUT2D eigenvalue weighted by Gasteiger charge is -2.32. The van der Waals surface area contributed by atoms with Crippen molar-refractivity contribution in [2.24, 2.45) is 0 Å². The molecule has 2 rings (SSSR count). The molecule has 2 heterocycles. The minimum absolute atomic E-state index is 0.313. The summed E-state index contributed by atoms with van der Waals surface area (Å²) in [5.41, 5.74) is 1.46. The highest BCUT2D eigenvalue weighted by Gasteiger charge is 2.51. The number of aromatic nitrogens is 1. The van der Waals surface area contributed by atoms with E-state index in [4.69, 9.17) is 9.31 Å². The minimum atomic E-state index is -0.340. The van der Waals surface area contributed by atoms with Gasteiger partial charge in [0.25, 0.3) is 0 Å². The third kappa shape index (κ3) is 2.35. The van der Waals surface area contributed by atoms with Gasteiger partial charge in [0, 0.05) is 17.9 Å². The van der Waals surface area contributed by atoms with Crippen LogP contribution in [0.4, 0.5) is 0 Å². The van der Waals surface area contributed by atoms with Crippen LogP contribution < -0.4 is 5.46 Å². The summed E-state index contributed by atoms with van der Waals surface area (Å²) in [7, 11) is -0.340. The maximum atomic E-state index is 6.00. The standard InChI is InChI=1S/C14H20BNO2/c1-6-7-11-8-12(10-16-9-11)15-17-13(2,3)14(4,5)18-15/h6,8-10H,1,7H2,2-5H3. The highest BCUT2D eigenvalue weighted by atomic mass is 16.7. The Morgan fingerprint density at radius 1 is 1.22 bits per heavy atom. The summed E-state index contributed by atoms with van der Waals surface area (Å²) in [5.74, 6) is 0. The predicted molar refractivity (Wildman–Crippen MR) is 73.9 cm³/mol. The maximum absolute atomic E-state index is 6.00. The molecule has 0 amide bonds. The van der Waals surface area contributed by atoms with E-state index in [1.54, 1.807) is 6.20 Å². The van der Waals surface area contributed by atoms with Crippen LogP contribution >= 0.6 is 0 Å². The smallest absolute Gasteiger partial charge is 0.399 e. The van der Waals surface area contributed by atoms with Crippen LogP contribution in [0, 0.1) is 0 Å². The first-order chi connectivity index (χ1) is 8.36. The van der Waals surface area contributed by atoms with Crippen molar-refractivity contribution in [2.75, 3.05) is 0 Å². The predicted octanol–water partition coefficient (Wildman–Crippen LogP) is 2.11. The summed E-state index contributed by atoms with van der Waals surface area (Å²) in [6.07, 6.45) is 6.32. The lowest BCUT2D eigenvalue weighted by atomic mass is 9.79. The Labute approximate surface area is 109 Å². The fourth-order valence-electron chi connectivity index (χ4n) is 1.89. The Morgan fingerprint density at radius 3 is 2.39 bits per heavy atom. The molecule has 1 aliphatic heterocycles. The molecule has 0 atom stereocenters. The lowest BCUT2D eigenvalue weighted by molar-refractivity contribution is 0.00578. The zero-order chi connectivity index (χ0) is 13.4. The monoisotopic (exact) mass is 245 g/mol. The van der Waals surface area contributed by atoms with Gasteiger partial charge in [-0.05, 0) is 39.7 Å². The Morgan fingerprint density at radius 2 is 1.83 bits per heavy atom. The molecule has 1 fully saturated rings. The second-order valence-corrected chi connectivity index (χ2v) is 5.71. The molecule has 1 saturated heterocycles. The maximum Gasteiger partial charge on any atom is 0.496 e. The van der Waals surface area contributed by atoms with Crippen molar-refractivity contribution in [1.29, 1.82) is 0 Å². The van der Waals surface area contributed by atoms with Crippen molar-refractivity contribution in [2.45, 2.75) is 45.3 Å². The van der Waals surface area contributed by atoms with Gasteiger partial charge in [0.15, 0.2) is 0 Å². The summed E-state index contributed by atoms with van der Waals surface area (Å²) in [5, 5.41) is 0. The Kier molecular flexibility index (Phi) is 3.34. The number of pyridine rings is 1. The first kappa shape index (κ1) is 13.3. The van der Waals surface area contributed by atoms with Crippen LogP contribution in [0.2, 0.25) is 0 Å². The Balaban J connectivity index is 2.24. The van der Waals surface area contributed by atoms with E-state index in [1.807, 2.05) is 40.0 Å². The number of hydrogen-bond acceptors (Lipinski definition) is 3. The number of nitrogens with zero attached hydrogens (tertiary/aromatic N) is 1. The fourth-order valence-corrected chi connectivity index (χ4v) is 1.89. The van der Waals surface area contributed by atoms with Crippen molar-refractivity contribution in [3.8, 4) is 0 Å². The average molecular weight is 245 g/mol. The minimum Gasteiger partial charge on any atom is -0.399 e. The normalized spacial score (nSPS) is 21.0. The van der Waals surface area contributed by atoms with Crippen LogP contribution in [0.3, 0.4) is 0 Å². The van der Waals surface area contributed by atoms with Gasteiger partial charge in [0.2, 0.25) is 0 Å². The Bertz CT molecular complexity index is 441. The number of allylic oxidation sites excluding steroid dienone is 1. The molecule has 0 N–H and O–H groups in total. The quantitative estimate of drug-likeness (QED) is 0.603. The highest BCUT2D eigenvalue weighted by molar-refractivity contribution is 6.62. The fraction of sp³-hybridized carbons (Fsp3) is 0.500. The number of rotatable bonds is 3. The molecule has 1 aromatic rings. The van der Waals surface area contributed by atoms with Crippen molar-refractivity contribution < 1.29 is 9.31 Å². The molecule has 0 aromatic carbocycles. The van der Waals surface area contributed by atoms with E-state index >= 15 is 0 Å². The van der Waals surface area contributed by atoms with E-state index in [9.17, 15) is 0 Å². The van der Waals surface area contributed by atoms with Gasteiger partial charge in [-0.2, -0.15) is 0 Å². The second kappa shape index (κ2) is 4.52. The molecule has 0 spiro atoms. The second-order valence-electron chi connectivity index (χ2n) is 5.71. The zero-order valence-electron chi connectivity index (χ0n) is 11.6. The third-order valence-corrected chi connectivity index (χ3v) is 3.72. The van der Waals surface area contributed by atoms with Gasteiger partial charge in [-0.3, -0.25) is 4.98 Å². The van der Waals surface area contributed by atoms with Gasteiger partial charge in [-0.15, -0.1) is 6.58 Å². The van der Waals surface area contributed by atoms with E-state index in [0.717, 1.165) is 17.4 Å². The third-order valence-electron chi connectivity index (χ3n) is 3.72. The largest absolute Gasteiger partial charge is 0.496 e.